The lowest BCUT2D eigenvalue weighted by Crippen LogP contribution is -2.17. The molecule has 0 bridgehead atoms. The normalized spacial score (nSPS) is 9.75. The molecule has 3 nitrogen and oxygen atoms in total. The van der Waals surface area contributed by atoms with Crippen LogP contribution in [-0.4, -0.2) is 37.3 Å². The van der Waals surface area contributed by atoms with Gasteiger partial charge in [0.2, 0.25) is 0 Å². The van der Waals surface area contributed by atoms with Gasteiger partial charge in [0.05, 0.1) is 13.7 Å². The summed E-state index contributed by atoms with van der Waals surface area (Å²) in [4.78, 5) is 2.09. The zero-order valence-corrected chi connectivity index (χ0v) is 9.73. The summed E-state index contributed by atoms with van der Waals surface area (Å²) in [5, 5.41) is 8.52. The van der Waals surface area contributed by atoms with Gasteiger partial charge in [0.25, 0.3) is 0 Å². The van der Waals surface area contributed by atoms with Crippen molar-refractivity contribution >= 4 is 0 Å². The van der Waals surface area contributed by atoms with Crippen molar-refractivity contribution in [3.05, 3.63) is 29.8 Å². The van der Waals surface area contributed by atoms with Crippen LogP contribution in [0.3, 0.4) is 0 Å². The van der Waals surface area contributed by atoms with E-state index in [2.05, 4.69) is 16.7 Å². The van der Waals surface area contributed by atoms with Crippen LogP contribution in [0.5, 0.6) is 5.75 Å². The van der Waals surface area contributed by atoms with Gasteiger partial charge in [-0.25, -0.2) is 0 Å². The van der Waals surface area contributed by atoms with Crippen LogP contribution in [0.1, 0.15) is 5.56 Å². The van der Waals surface area contributed by atoms with Crippen LogP contribution in [0.4, 0.5) is 0 Å². The Labute approximate surface area is 96.7 Å². The number of methoxy groups -OCH3 is 1. The van der Waals surface area contributed by atoms with Gasteiger partial charge in [0.1, 0.15) is 12.4 Å². The zero-order chi connectivity index (χ0) is 11.8. The maximum absolute atomic E-state index is 8.52. The maximum atomic E-state index is 8.52. The van der Waals surface area contributed by atoms with E-state index in [1.807, 2.05) is 31.3 Å². The molecule has 1 aromatic rings. The second-order valence-electron chi connectivity index (χ2n) is 3.53. The highest BCUT2D eigenvalue weighted by Crippen LogP contribution is 2.12. The Morgan fingerprint density at radius 3 is 2.50 bits per heavy atom. The molecule has 0 amide bonds. The van der Waals surface area contributed by atoms with Gasteiger partial charge < -0.3 is 9.84 Å². The summed E-state index contributed by atoms with van der Waals surface area (Å²) in [7, 11) is 3.65. The molecule has 86 valence electrons. The van der Waals surface area contributed by atoms with Crippen molar-refractivity contribution in [1.29, 1.82) is 0 Å². The minimum absolute atomic E-state index is 0.0730. The summed E-state index contributed by atoms with van der Waals surface area (Å²) < 4.78 is 5.09. The Morgan fingerprint density at radius 2 is 1.94 bits per heavy atom. The molecule has 16 heavy (non-hydrogen) atoms. The quantitative estimate of drug-likeness (QED) is 0.770. The molecule has 0 aliphatic heterocycles. The molecule has 0 aliphatic rings. The van der Waals surface area contributed by atoms with E-state index in [4.69, 9.17) is 9.84 Å². The number of hydrogen-bond donors (Lipinski definition) is 1. The third-order valence-corrected chi connectivity index (χ3v) is 2.16. The smallest absolute Gasteiger partial charge is 0.118 e. The summed E-state index contributed by atoms with van der Waals surface area (Å²) in [6.45, 7) is 1.42. The molecule has 0 heterocycles. The molecule has 0 spiro atoms. The Hall–Kier alpha value is -1.50. The van der Waals surface area contributed by atoms with E-state index >= 15 is 0 Å². The van der Waals surface area contributed by atoms with E-state index in [-0.39, 0.29) is 6.61 Å². The average molecular weight is 219 g/mol. The first-order chi connectivity index (χ1) is 7.76. The molecular formula is C13H17NO2. The van der Waals surface area contributed by atoms with Gasteiger partial charge in [0.15, 0.2) is 0 Å². The molecule has 0 atom stereocenters. The first-order valence-electron chi connectivity index (χ1n) is 5.14. The van der Waals surface area contributed by atoms with Gasteiger partial charge in [-0.2, -0.15) is 0 Å². The average Bonchev–Trinajstić information content (AvgIpc) is 2.30. The molecule has 0 saturated carbocycles. The SMILES string of the molecule is COc1ccc(CN(C)CC#CCO)cc1. The molecule has 0 fully saturated rings. The molecule has 1 rings (SSSR count). The second-order valence-corrected chi connectivity index (χ2v) is 3.53. The predicted molar refractivity (Wildman–Crippen MR) is 64.2 cm³/mol. The van der Waals surface area contributed by atoms with E-state index in [1.54, 1.807) is 7.11 Å². The van der Waals surface area contributed by atoms with Gasteiger partial charge in [-0.3, -0.25) is 4.90 Å². The molecule has 3 heteroatoms. The van der Waals surface area contributed by atoms with Crippen LogP contribution in [0, 0.1) is 11.8 Å². The van der Waals surface area contributed by atoms with Crippen molar-refractivity contribution in [3.8, 4) is 17.6 Å². The van der Waals surface area contributed by atoms with Crippen molar-refractivity contribution in [2.24, 2.45) is 0 Å². The van der Waals surface area contributed by atoms with Crippen molar-refractivity contribution in [2.75, 3.05) is 27.3 Å². The monoisotopic (exact) mass is 219 g/mol. The lowest BCUT2D eigenvalue weighted by atomic mass is 10.2. The zero-order valence-electron chi connectivity index (χ0n) is 9.73. The molecule has 0 unspecified atom stereocenters. The van der Waals surface area contributed by atoms with Crippen LogP contribution in [0.2, 0.25) is 0 Å². The van der Waals surface area contributed by atoms with Crippen molar-refractivity contribution in [2.45, 2.75) is 6.54 Å². The number of hydrogen-bond acceptors (Lipinski definition) is 3. The van der Waals surface area contributed by atoms with Crippen LogP contribution < -0.4 is 4.74 Å². The van der Waals surface area contributed by atoms with Crippen LogP contribution in [0.25, 0.3) is 0 Å². The maximum Gasteiger partial charge on any atom is 0.118 e. The molecule has 0 aromatic heterocycles. The van der Waals surface area contributed by atoms with E-state index in [1.165, 1.54) is 5.56 Å². The number of ether oxygens (including phenoxy) is 1. The summed E-state index contributed by atoms with van der Waals surface area (Å²) in [6, 6.07) is 7.97. The van der Waals surface area contributed by atoms with Gasteiger partial charge in [-0.15, -0.1) is 0 Å². The minimum Gasteiger partial charge on any atom is -0.497 e. The fourth-order valence-electron chi connectivity index (χ4n) is 1.35. The Kier molecular flexibility index (Phi) is 5.41. The van der Waals surface area contributed by atoms with Crippen LogP contribution >= 0.6 is 0 Å². The highest BCUT2D eigenvalue weighted by Gasteiger charge is 1.98. The van der Waals surface area contributed by atoms with E-state index in [9.17, 15) is 0 Å². The molecule has 0 aliphatic carbocycles. The number of aliphatic hydroxyl groups is 1. The van der Waals surface area contributed by atoms with Crippen molar-refractivity contribution in [1.82, 2.24) is 4.90 Å². The Morgan fingerprint density at radius 1 is 1.25 bits per heavy atom. The fraction of sp³-hybridized carbons (Fsp3) is 0.385. The van der Waals surface area contributed by atoms with E-state index < -0.39 is 0 Å². The Balaban J connectivity index is 2.46. The van der Waals surface area contributed by atoms with Crippen LogP contribution in [0.15, 0.2) is 24.3 Å². The van der Waals surface area contributed by atoms with Crippen LogP contribution in [-0.2, 0) is 6.54 Å². The second kappa shape index (κ2) is 6.89. The van der Waals surface area contributed by atoms with E-state index in [0.29, 0.717) is 6.54 Å². The van der Waals surface area contributed by atoms with Gasteiger partial charge in [-0.05, 0) is 24.7 Å². The predicted octanol–water partition coefficient (Wildman–Crippen LogP) is 1.12. The van der Waals surface area contributed by atoms with Gasteiger partial charge >= 0.3 is 0 Å². The summed E-state index contributed by atoms with van der Waals surface area (Å²) >= 11 is 0. The third kappa shape index (κ3) is 4.35. The van der Waals surface area contributed by atoms with Gasteiger partial charge in [0, 0.05) is 6.54 Å². The van der Waals surface area contributed by atoms with Gasteiger partial charge in [-0.1, -0.05) is 24.0 Å². The molecule has 0 radical (unpaired) electrons. The number of aliphatic hydroxyl groups excluding tert-OH is 1. The molecule has 1 aromatic carbocycles. The molecule has 1 N–H and O–H groups in total. The fourth-order valence-corrected chi connectivity index (χ4v) is 1.35. The number of benzene rings is 1. The summed E-state index contributed by atoms with van der Waals surface area (Å²) in [5.74, 6) is 6.37. The Bertz CT molecular complexity index is 362. The minimum atomic E-state index is -0.0730. The lowest BCUT2D eigenvalue weighted by molar-refractivity contribution is 0.348. The number of nitrogens with zero attached hydrogens (tertiary/aromatic N) is 1. The number of rotatable bonds is 4. The van der Waals surface area contributed by atoms with Crippen molar-refractivity contribution in [3.63, 3.8) is 0 Å². The summed E-state index contributed by atoms with van der Waals surface area (Å²) in [5.41, 5.74) is 1.22. The first-order valence-corrected chi connectivity index (χ1v) is 5.14. The summed E-state index contributed by atoms with van der Waals surface area (Å²) in [6.07, 6.45) is 0. The lowest BCUT2D eigenvalue weighted by Gasteiger charge is -2.13. The highest BCUT2D eigenvalue weighted by molar-refractivity contribution is 5.27. The first kappa shape index (κ1) is 12.6. The standard InChI is InChI=1S/C13H17NO2/c1-14(9-3-4-10-15)11-12-5-7-13(16-2)8-6-12/h5-8,15H,9-11H2,1-2H3. The van der Waals surface area contributed by atoms with E-state index in [0.717, 1.165) is 12.3 Å². The molecule has 0 saturated heterocycles. The largest absolute Gasteiger partial charge is 0.497 e. The van der Waals surface area contributed by atoms with Crippen molar-refractivity contribution < 1.29 is 9.84 Å². The highest BCUT2D eigenvalue weighted by atomic mass is 16.5. The molecular weight excluding hydrogens is 202 g/mol. The third-order valence-electron chi connectivity index (χ3n) is 2.16. The topological polar surface area (TPSA) is 32.7 Å².